The summed E-state index contributed by atoms with van der Waals surface area (Å²) in [7, 11) is 0. The van der Waals surface area contributed by atoms with E-state index in [0.29, 0.717) is 51.2 Å². The minimum absolute atomic E-state index is 0.0562. The topological polar surface area (TPSA) is 83.0 Å². The van der Waals surface area contributed by atoms with Crippen molar-refractivity contribution in [2.75, 3.05) is 29.9 Å². The van der Waals surface area contributed by atoms with Crippen LogP contribution in [0, 0.1) is 5.82 Å². The van der Waals surface area contributed by atoms with E-state index in [9.17, 15) is 9.18 Å². The van der Waals surface area contributed by atoms with Crippen LogP contribution in [-0.2, 0) is 4.79 Å². The van der Waals surface area contributed by atoms with E-state index in [4.69, 9.17) is 23.2 Å². The van der Waals surface area contributed by atoms with E-state index in [1.165, 1.54) is 12.3 Å². The van der Waals surface area contributed by atoms with Crippen molar-refractivity contribution < 1.29 is 9.18 Å². The Morgan fingerprint density at radius 2 is 1.83 bits per heavy atom. The highest BCUT2D eigenvalue weighted by Crippen LogP contribution is 2.38. The standard InChI is InChI=1S/C25H21Cl2FN6O/c1-14(17-4-2-3-5-21(17)28)33-24-18-8-15(9-19(26)23(18)30-12-20(24)27)16-10-31-25(32-11-16)34-7-6-29-22(35)13-34/h2-5,8-12,14H,6-7,13H2,1H3,(H,29,35)(H,30,33). The van der Waals surface area contributed by atoms with E-state index in [0.717, 1.165) is 11.1 Å². The minimum Gasteiger partial charge on any atom is -0.377 e. The summed E-state index contributed by atoms with van der Waals surface area (Å²) in [6.45, 7) is 3.28. The fourth-order valence-corrected chi connectivity index (χ4v) is 4.59. The highest BCUT2D eigenvalue weighted by atomic mass is 35.5. The van der Waals surface area contributed by atoms with Crippen molar-refractivity contribution in [1.82, 2.24) is 20.3 Å². The predicted octanol–water partition coefficient (Wildman–Crippen LogP) is 5.25. The Hall–Kier alpha value is -3.49. The largest absolute Gasteiger partial charge is 0.377 e. The van der Waals surface area contributed by atoms with Crippen LogP contribution in [0.5, 0.6) is 0 Å². The number of hydrogen-bond donors (Lipinski definition) is 2. The van der Waals surface area contributed by atoms with Gasteiger partial charge in [0.2, 0.25) is 11.9 Å². The quantitative estimate of drug-likeness (QED) is 0.381. The van der Waals surface area contributed by atoms with E-state index in [1.807, 2.05) is 17.9 Å². The Kier molecular flexibility index (Phi) is 6.40. The van der Waals surface area contributed by atoms with Gasteiger partial charge in [0.25, 0.3) is 0 Å². The van der Waals surface area contributed by atoms with E-state index in [1.54, 1.807) is 36.7 Å². The van der Waals surface area contributed by atoms with Crippen molar-refractivity contribution in [3.8, 4) is 11.1 Å². The third-order valence-electron chi connectivity index (χ3n) is 5.90. The number of carbonyl (C=O) groups is 1. The van der Waals surface area contributed by atoms with Gasteiger partial charge in [-0.2, -0.15) is 0 Å². The molecule has 1 amide bonds. The fourth-order valence-electron chi connectivity index (χ4n) is 4.11. The SMILES string of the molecule is CC(Nc1c(Cl)cnc2c(Cl)cc(-c3cnc(N4CCNC(=O)C4)nc3)cc12)c1ccccc1F. The monoisotopic (exact) mass is 510 g/mol. The van der Waals surface area contributed by atoms with Crippen LogP contribution in [0.25, 0.3) is 22.0 Å². The van der Waals surface area contributed by atoms with Gasteiger partial charge in [0.15, 0.2) is 0 Å². The molecule has 2 aromatic carbocycles. The normalized spacial score (nSPS) is 14.6. The maximum atomic E-state index is 14.3. The Balaban J connectivity index is 1.51. The van der Waals surface area contributed by atoms with Crippen LogP contribution in [0.2, 0.25) is 10.0 Å². The molecule has 3 heterocycles. The van der Waals surface area contributed by atoms with Crippen LogP contribution in [0.1, 0.15) is 18.5 Å². The van der Waals surface area contributed by atoms with E-state index < -0.39 is 0 Å². The van der Waals surface area contributed by atoms with Gasteiger partial charge in [-0.05, 0) is 30.7 Å². The molecule has 0 aliphatic carbocycles. The van der Waals surface area contributed by atoms with Crippen molar-refractivity contribution in [3.05, 3.63) is 76.4 Å². The molecule has 35 heavy (non-hydrogen) atoms. The Morgan fingerprint density at radius 3 is 2.57 bits per heavy atom. The molecule has 0 radical (unpaired) electrons. The number of hydrogen-bond acceptors (Lipinski definition) is 6. The number of rotatable bonds is 5. The zero-order valence-corrected chi connectivity index (χ0v) is 20.2. The highest BCUT2D eigenvalue weighted by Gasteiger charge is 2.20. The van der Waals surface area contributed by atoms with E-state index >= 15 is 0 Å². The number of benzene rings is 2. The second-order valence-corrected chi connectivity index (χ2v) is 9.08. The smallest absolute Gasteiger partial charge is 0.239 e. The molecule has 0 bridgehead atoms. The molecule has 1 unspecified atom stereocenters. The van der Waals surface area contributed by atoms with Gasteiger partial charge in [0, 0.05) is 48.2 Å². The molecule has 2 N–H and O–H groups in total. The molecule has 0 spiro atoms. The molecule has 1 aliphatic rings. The average Bonchev–Trinajstić information content (AvgIpc) is 2.86. The first kappa shape index (κ1) is 23.3. The average molecular weight is 511 g/mol. The lowest BCUT2D eigenvalue weighted by molar-refractivity contribution is -0.120. The number of amides is 1. The van der Waals surface area contributed by atoms with Gasteiger partial charge in [-0.1, -0.05) is 41.4 Å². The summed E-state index contributed by atoms with van der Waals surface area (Å²) in [6.07, 6.45) is 4.91. The molecule has 2 aromatic heterocycles. The molecule has 1 aliphatic heterocycles. The second-order valence-electron chi connectivity index (χ2n) is 8.27. The first-order valence-corrected chi connectivity index (χ1v) is 11.8. The lowest BCUT2D eigenvalue weighted by Gasteiger charge is -2.26. The third-order valence-corrected chi connectivity index (χ3v) is 6.48. The summed E-state index contributed by atoms with van der Waals surface area (Å²) in [5.74, 6) is 0.129. The molecule has 1 fully saturated rings. The van der Waals surface area contributed by atoms with Crippen LogP contribution in [-0.4, -0.2) is 40.5 Å². The van der Waals surface area contributed by atoms with Crippen molar-refractivity contribution in [3.63, 3.8) is 0 Å². The Labute approximate surface area is 211 Å². The number of carbonyl (C=O) groups excluding carboxylic acids is 1. The lowest BCUT2D eigenvalue weighted by Crippen LogP contribution is -2.48. The molecule has 4 aromatic rings. The van der Waals surface area contributed by atoms with E-state index in [-0.39, 0.29) is 24.3 Å². The van der Waals surface area contributed by atoms with Crippen molar-refractivity contribution >= 4 is 51.6 Å². The fraction of sp³-hybridized carbons (Fsp3) is 0.200. The summed E-state index contributed by atoms with van der Waals surface area (Å²) in [5, 5.41) is 7.64. The van der Waals surface area contributed by atoms with Gasteiger partial charge in [-0.25, -0.2) is 14.4 Å². The number of fused-ring (bicyclic) bond motifs is 1. The predicted molar refractivity (Wildman–Crippen MR) is 136 cm³/mol. The summed E-state index contributed by atoms with van der Waals surface area (Å²) in [5.41, 5.74) is 3.21. The highest BCUT2D eigenvalue weighted by molar-refractivity contribution is 6.38. The van der Waals surface area contributed by atoms with Crippen LogP contribution >= 0.6 is 23.2 Å². The van der Waals surface area contributed by atoms with Gasteiger partial charge >= 0.3 is 0 Å². The third kappa shape index (κ3) is 4.72. The number of aromatic nitrogens is 3. The minimum atomic E-state index is -0.355. The number of halogens is 3. The number of nitrogens with one attached hydrogen (secondary N) is 2. The van der Waals surface area contributed by atoms with Crippen LogP contribution in [0.3, 0.4) is 0 Å². The Bertz CT molecular complexity index is 1420. The van der Waals surface area contributed by atoms with Gasteiger partial charge < -0.3 is 15.5 Å². The summed E-state index contributed by atoms with van der Waals surface area (Å²) < 4.78 is 14.3. The number of anilines is 2. The number of pyridine rings is 1. The molecule has 178 valence electrons. The number of nitrogens with zero attached hydrogens (tertiary/aromatic N) is 4. The molecular weight excluding hydrogens is 490 g/mol. The first-order valence-electron chi connectivity index (χ1n) is 11.0. The zero-order valence-electron chi connectivity index (χ0n) is 18.7. The van der Waals surface area contributed by atoms with Crippen molar-refractivity contribution in [2.24, 2.45) is 0 Å². The van der Waals surface area contributed by atoms with Gasteiger partial charge in [-0.3, -0.25) is 9.78 Å². The molecule has 7 nitrogen and oxygen atoms in total. The number of piperazine rings is 1. The van der Waals surface area contributed by atoms with E-state index in [2.05, 4.69) is 25.6 Å². The molecule has 1 saturated heterocycles. The van der Waals surface area contributed by atoms with Gasteiger partial charge in [-0.15, -0.1) is 0 Å². The van der Waals surface area contributed by atoms with Crippen LogP contribution in [0.15, 0.2) is 55.0 Å². The zero-order chi connectivity index (χ0) is 24.5. The first-order chi connectivity index (χ1) is 16.9. The molecule has 0 saturated carbocycles. The maximum Gasteiger partial charge on any atom is 0.239 e. The van der Waals surface area contributed by atoms with Gasteiger partial charge in [0.05, 0.1) is 33.8 Å². The van der Waals surface area contributed by atoms with Crippen molar-refractivity contribution in [2.45, 2.75) is 13.0 Å². The summed E-state index contributed by atoms with van der Waals surface area (Å²) >= 11 is 13.1. The molecular formula is C25H21Cl2FN6O. The Morgan fingerprint density at radius 1 is 1.06 bits per heavy atom. The molecule has 10 heteroatoms. The molecule has 1 atom stereocenters. The molecule has 5 rings (SSSR count). The lowest BCUT2D eigenvalue weighted by atomic mass is 10.0. The van der Waals surface area contributed by atoms with Crippen LogP contribution < -0.4 is 15.5 Å². The van der Waals surface area contributed by atoms with Crippen molar-refractivity contribution in [1.29, 1.82) is 0 Å². The summed E-state index contributed by atoms with van der Waals surface area (Å²) in [4.78, 5) is 26.8. The maximum absolute atomic E-state index is 14.3. The van der Waals surface area contributed by atoms with Gasteiger partial charge in [0.1, 0.15) is 5.82 Å². The van der Waals surface area contributed by atoms with Crippen LogP contribution in [0.4, 0.5) is 16.0 Å². The summed E-state index contributed by atoms with van der Waals surface area (Å²) in [6, 6.07) is 9.94. The second kappa shape index (κ2) is 9.64.